The minimum absolute atomic E-state index is 0. The first kappa shape index (κ1) is 21.2. The number of nitrogens with two attached hydrogens (primary N) is 1. The number of carboxylic acid groups (broad SMARTS) is 3. The summed E-state index contributed by atoms with van der Waals surface area (Å²) < 4.78 is 0. The molecule has 0 radical (unpaired) electrons. The number of hydrogen-bond donors (Lipinski definition) is 3. The van der Waals surface area contributed by atoms with Crippen molar-refractivity contribution in [3.63, 3.8) is 0 Å². The molecule has 0 spiro atoms. The maximum Gasteiger partial charge on any atom is 2.00 e. The number of carbonyl (C=O) groups is 3. The van der Waals surface area contributed by atoms with E-state index >= 15 is 0 Å². The molecule has 0 unspecified atom stereocenters. The fourth-order valence-electron chi connectivity index (χ4n) is 0.913. The van der Waals surface area contributed by atoms with Gasteiger partial charge in [0.05, 0.1) is 24.0 Å². The summed E-state index contributed by atoms with van der Waals surface area (Å²) in [7, 11) is 0. The van der Waals surface area contributed by atoms with E-state index in [0.717, 1.165) is 6.08 Å². The number of aromatic amines is 1. The predicted molar refractivity (Wildman–Crippen MR) is 62.5 cm³/mol. The summed E-state index contributed by atoms with van der Waals surface area (Å²) in [5.41, 5.74) is 5.51. The molecular formula is C11H13N3O6Zn. The van der Waals surface area contributed by atoms with Crippen LogP contribution in [0.4, 0.5) is 0 Å². The van der Waals surface area contributed by atoms with Crippen LogP contribution in [-0.2, 0) is 33.9 Å². The molecule has 1 atom stereocenters. The second kappa shape index (κ2) is 11.7. The Morgan fingerprint density at radius 1 is 1.43 bits per heavy atom. The number of H-pyrrole nitrogens is 1. The van der Waals surface area contributed by atoms with E-state index in [1.165, 1.54) is 12.4 Å². The fraction of sp³-hybridized carbons (Fsp3) is 0.273. The normalized spacial score (nSPS) is 10.9. The average molecular weight is 349 g/mol. The summed E-state index contributed by atoms with van der Waals surface area (Å²) in [4.78, 5) is 36.0. The van der Waals surface area contributed by atoms with Gasteiger partial charge < -0.3 is 35.6 Å². The predicted octanol–water partition coefficient (Wildman–Crippen LogP) is -2.90. The molecule has 0 bridgehead atoms. The smallest absolute Gasteiger partial charge is 0.548 e. The second-order valence-corrected chi connectivity index (χ2v) is 3.50. The molecule has 110 valence electrons. The molecule has 10 heteroatoms. The van der Waals surface area contributed by atoms with Gasteiger partial charge in [-0.3, -0.25) is 4.79 Å². The van der Waals surface area contributed by atoms with Gasteiger partial charge >= 0.3 is 25.4 Å². The molecule has 0 aliphatic rings. The molecule has 0 aromatic carbocycles. The number of aliphatic carboxylic acids is 3. The van der Waals surface area contributed by atoms with E-state index in [1.807, 2.05) is 0 Å². The SMILES string of the molecule is N[C@@H](CCC(=O)O)C(=O)[O-].O=C([O-])C=Cc1c[nH]cn1.[Zn+2]. The fourth-order valence-corrected chi connectivity index (χ4v) is 0.913. The van der Waals surface area contributed by atoms with Crippen molar-refractivity contribution >= 4 is 24.0 Å². The van der Waals surface area contributed by atoms with Crippen molar-refractivity contribution in [2.45, 2.75) is 18.9 Å². The minimum atomic E-state index is -1.42. The Labute approximate surface area is 132 Å². The van der Waals surface area contributed by atoms with Gasteiger partial charge in [0, 0.05) is 18.7 Å². The van der Waals surface area contributed by atoms with Crippen molar-refractivity contribution in [1.29, 1.82) is 0 Å². The first-order valence-corrected chi connectivity index (χ1v) is 5.39. The van der Waals surface area contributed by atoms with Crippen LogP contribution >= 0.6 is 0 Å². The Balaban J connectivity index is 0. The topological polar surface area (TPSA) is 172 Å². The molecule has 0 fully saturated rings. The van der Waals surface area contributed by atoms with E-state index in [-0.39, 0.29) is 32.3 Å². The van der Waals surface area contributed by atoms with Gasteiger partial charge in [-0.1, -0.05) is 0 Å². The molecule has 9 nitrogen and oxygen atoms in total. The monoisotopic (exact) mass is 347 g/mol. The summed E-state index contributed by atoms with van der Waals surface area (Å²) in [5.74, 6) is -3.69. The van der Waals surface area contributed by atoms with Crippen LogP contribution in [0.2, 0.25) is 0 Å². The summed E-state index contributed by atoms with van der Waals surface area (Å²) in [5, 5.41) is 27.8. The molecule has 0 saturated carbocycles. The Bertz CT molecular complexity index is 474. The third-order valence-corrected chi connectivity index (χ3v) is 1.88. The maximum atomic E-state index is 9.88. The number of imidazole rings is 1. The Morgan fingerprint density at radius 3 is 2.43 bits per heavy atom. The number of aromatic nitrogens is 2. The number of nitrogens with zero attached hydrogens (tertiary/aromatic N) is 1. The minimum Gasteiger partial charge on any atom is -0.548 e. The van der Waals surface area contributed by atoms with Crippen molar-refractivity contribution in [3.8, 4) is 0 Å². The van der Waals surface area contributed by atoms with Gasteiger partial charge in [0.25, 0.3) is 0 Å². The molecule has 4 N–H and O–H groups in total. The number of nitrogens with one attached hydrogen (secondary N) is 1. The van der Waals surface area contributed by atoms with Gasteiger partial charge in [-0.2, -0.15) is 0 Å². The quantitative estimate of drug-likeness (QED) is 0.362. The third-order valence-electron chi connectivity index (χ3n) is 1.88. The number of hydrogen-bond acceptors (Lipinski definition) is 7. The van der Waals surface area contributed by atoms with Crippen molar-refractivity contribution in [2.75, 3.05) is 0 Å². The van der Waals surface area contributed by atoms with Crippen LogP contribution < -0.4 is 15.9 Å². The van der Waals surface area contributed by atoms with E-state index in [2.05, 4.69) is 9.97 Å². The summed E-state index contributed by atoms with van der Waals surface area (Å²) in [6.07, 6.45) is 5.00. The van der Waals surface area contributed by atoms with Crippen molar-refractivity contribution in [3.05, 3.63) is 24.3 Å². The van der Waals surface area contributed by atoms with E-state index in [9.17, 15) is 24.6 Å². The van der Waals surface area contributed by atoms with Crippen LogP contribution in [-0.4, -0.2) is 39.0 Å². The molecule has 0 aliphatic carbocycles. The Hall–Kier alpha value is -2.06. The average Bonchev–Trinajstić information content (AvgIpc) is 2.87. The zero-order valence-electron chi connectivity index (χ0n) is 11.0. The molecule has 0 amide bonds. The van der Waals surface area contributed by atoms with Gasteiger partial charge in [0.1, 0.15) is 0 Å². The summed E-state index contributed by atoms with van der Waals surface area (Å²) in [6, 6.07) is -1.17. The van der Waals surface area contributed by atoms with Crippen molar-refractivity contribution in [2.24, 2.45) is 5.73 Å². The van der Waals surface area contributed by atoms with Gasteiger partial charge in [0.2, 0.25) is 0 Å². The molecule has 1 aromatic heterocycles. The van der Waals surface area contributed by atoms with Crippen LogP contribution in [0.1, 0.15) is 18.5 Å². The third kappa shape index (κ3) is 12.7. The zero-order valence-corrected chi connectivity index (χ0v) is 14.0. The van der Waals surface area contributed by atoms with Gasteiger partial charge in [0.15, 0.2) is 0 Å². The molecule has 1 rings (SSSR count). The van der Waals surface area contributed by atoms with Crippen molar-refractivity contribution < 1.29 is 49.2 Å². The largest absolute Gasteiger partial charge is 2.00 e. The molecule has 1 heterocycles. The van der Waals surface area contributed by atoms with Gasteiger partial charge in [-0.15, -0.1) is 0 Å². The standard InChI is InChI=1S/C6H6N2O2.C5H9NO4.Zn/c9-6(10)2-1-5-3-7-4-8-5;6-3(5(9)10)1-2-4(7)8;/h1-4H,(H,7,8)(H,9,10);3H,1-2,6H2,(H,7,8)(H,9,10);/q;;+2/p-2/t;3-;/m.0./s1. The molecule has 1 aromatic rings. The summed E-state index contributed by atoms with van der Waals surface area (Å²) >= 11 is 0. The van der Waals surface area contributed by atoms with Crippen LogP contribution in [0.15, 0.2) is 18.6 Å². The molecule has 0 saturated heterocycles. The van der Waals surface area contributed by atoms with E-state index < -0.39 is 23.9 Å². The van der Waals surface area contributed by atoms with E-state index in [4.69, 9.17) is 10.8 Å². The van der Waals surface area contributed by atoms with Crippen molar-refractivity contribution in [1.82, 2.24) is 9.97 Å². The maximum absolute atomic E-state index is 9.88. The van der Waals surface area contributed by atoms with Crippen LogP contribution in [0.25, 0.3) is 6.08 Å². The first-order valence-electron chi connectivity index (χ1n) is 5.39. The Kier molecular flexibility index (Phi) is 11.9. The molecule has 0 aliphatic heterocycles. The van der Waals surface area contributed by atoms with Crippen LogP contribution in [0.5, 0.6) is 0 Å². The summed E-state index contributed by atoms with van der Waals surface area (Å²) in [6.45, 7) is 0. The van der Waals surface area contributed by atoms with E-state index in [1.54, 1.807) is 6.20 Å². The second-order valence-electron chi connectivity index (χ2n) is 3.50. The molecular weight excluding hydrogens is 336 g/mol. The number of rotatable bonds is 6. The molecule has 21 heavy (non-hydrogen) atoms. The van der Waals surface area contributed by atoms with Gasteiger partial charge in [-0.25, -0.2) is 4.98 Å². The number of carbonyl (C=O) groups excluding carboxylic acids is 2. The van der Waals surface area contributed by atoms with E-state index in [0.29, 0.717) is 5.69 Å². The Morgan fingerprint density at radius 2 is 2.05 bits per heavy atom. The number of carboxylic acids is 3. The van der Waals surface area contributed by atoms with Crippen LogP contribution in [0, 0.1) is 0 Å². The van der Waals surface area contributed by atoms with Crippen LogP contribution in [0.3, 0.4) is 0 Å². The zero-order chi connectivity index (χ0) is 15.5. The van der Waals surface area contributed by atoms with Gasteiger partial charge in [-0.05, 0) is 18.6 Å². The first-order chi connectivity index (χ1) is 9.32.